The number of aryl methyl sites for hydroxylation is 1. The first-order valence-electron chi connectivity index (χ1n) is 6.49. The maximum Gasteiger partial charge on any atom is 0.292 e. The summed E-state index contributed by atoms with van der Waals surface area (Å²) in [6, 6.07) is 5.12. The fourth-order valence-corrected chi connectivity index (χ4v) is 2.57. The summed E-state index contributed by atoms with van der Waals surface area (Å²) in [5.74, 6) is 0.161. The number of nitro benzene ring substituents is 1. The van der Waals surface area contributed by atoms with Gasteiger partial charge < -0.3 is 4.90 Å². The highest BCUT2D eigenvalue weighted by Crippen LogP contribution is 2.32. The molecule has 1 aliphatic heterocycles. The molecule has 0 spiro atoms. The van der Waals surface area contributed by atoms with Gasteiger partial charge in [-0.2, -0.15) is 0 Å². The van der Waals surface area contributed by atoms with Gasteiger partial charge >= 0.3 is 0 Å². The van der Waals surface area contributed by atoms with E-state index in [1.165, 1.54) is 0 Å². The molecular formula is C14H18N2O3. The van der Waals surface area contributed by atoms with E-state index in [-0.39, 0.29) is 22.3 Å². The van der Waals surface area contributed by atoms with Crippen LogP contribution < -0.4 is 4.90 Å². The number of benzene rings is 1. The van der Waals surface area contributed by atoms with Gasteiger partial charge in [-0.1, -0.05) is 6.07 Å². The molecule has 0 radical (unpaired) electrons. The molecule has 1 aliphatic rings. The van der Waals surface area contributed by atoms with Gasteiger partial charge in [0.05, 0.1) is 4.92 Å². The zero-order valence-corrected chi connectivity index (χ0v) is 11.3. The molecule has 0 aromatic heterocycles. The van der Waals surface area contributed by atoms with Crippen molar-refractivity contribution in [1.29, 1.82) is 0 Å². The van der Waals surface area contributed by atoms with E-state index in [1.807, 2.05) is 17.9 Å². The fourth-order valence-electron chi connectivity index (χ4n) is 2.57. The van der Waals surface area contributed by atoms with Gasteiger partial charge in [0.15, 0.2) is 0 Å². The third kappa shape index (κ3) is 2.92. The molecule has 1 unspecified atom stereocenters. The van der Waals surface area contributed by atoms with Crippen molar-refractivity contribution >= 4 is 17.2 Å². The number of piperidine rings is 1. The summed E-state index contributed by atoms with van der Waals surface area (Å²) in [5, 5.41) is 11.1. The monoisotopic (exact) mass is 262 g/mol. The SMILES string of the molecule is CC(=O)C1CCCN(c2cc(C)ccc2[N+](=O)[O-])C1. The van der Waals surface area contributed by atoms with E-state index in [4.69, 9.17) is 0 Å². The first kappa shape index (κ1) is 13.5. The molecule has 0 aliphatic carbocycles. The highest BCUT2D eigenvalue weighted by atomic mass is 16.6. The third-order valence-electron chi connectivity index (χ3n) is 3.66. The molecule has 5 nitrogen and oxygen atoms in total. The molecule has 0 amide bonds. The Bertz CT molecular complexity index is 513. The topological polar surface area (TPSA) is 63.5 Å². The molecule has 1 aromatic rings. The van der Waals surface area contributed by atoms with Crippen molar-refractivity contribution < 1.29 is 9.72 Å². The lowest BCUT2D eigenvalue weighted by Gasteiger charge is -2.33. The van der Waals surface area contributed by atoms with Crippen LogP contribution in [-0.2, 0) is 4.79 Å². The molecule has 1 fully saturated rings. The van der Waals surface area contributed by atoms with Gasteiger partial charge in [0.2, 0.25) is 0 Å². The fraction of sp³-hybridized carbons (Fsp3) is 0.500. The van der Waals surface area contributed by atoms with Crippen molar-refractivity contribution in [3.8, 4) is 0 Å². The molecule has 0 bridgehead atoms. The van der Waals surface area contributed by atoms with E-state index in [1.54, 1.807) is 19.1 Å². The number of hydrogen-bond acceptors (Lipinski definition) is 4. The molecule has 19 heavy (non-hydrogen) atoms. The number of nitro groups is 1. The smallest absolute Gasteiger partial charge is 0.292 e. The summed E-state index contributed by atoms with van der Waals surface area (Å²) in [5.41, 5.74) is 1.75. The zero-order chi connectivity index (χ0) is 14.0. The van der Waals surface area contributed by atoms with Crippen LogP contribution in [0.3, 0.4) is 0 Å². The van der Waals surface area contributed by atoms with Crippen molar-refractivity contribution in [2.45, 2.75) is 26.7 Å². The predicted octanol–water partition coefficient (Wildman–Crippen LogP) is 2.71. The Morgan fingerprint density at radius 3 is 2.84 bits per heavy atom. The summed E-state index contributed by atoms with van der Waals surface area (Å²) in [6.45, 7) is 4.87. The number of rotatable bonds is 3. The Morgan fingerprint density at radius 2 is 2.21 bits per heavy atom. The summed E-state index contributed by atoms with van der Waals surface area (Å²) >= 11 is 0. The van der Waals surface area contributed by atoms with Gasteiger partial charge in [-0.05, 0) is 38.3 Å². The molecular weight excluding hydrogens is 244 g/mol. The van der Waals surface area contributed by atoms with Gasteiger partial charge in [-0.3, -0.25) is 14.9 Å². The Kier molecular flexibility index (Phi) is 3.83. The van der Waals surface area contributed by atoms with Crippen molar-refractivity contribution in [3.05, 3.63) is 33.9 Å². The lowest BCUT2D eigenvalue weighted by atomic mass is 9.94. The van der Waals surface area contributed by atoms with E-state index in [0.29, 0.717) is 12.2 Å². The number of carbonyl (C=O) groups excluding carboxylic acids is 1. The van der Waals surface area contributed by atoms with Crippen molar-refractivity contribution in [2.24, 2.45) is 5.92 Å². The second-order valence-electron chi connectivity index (χ2n) is 5.15. The second-order valence-corrected chi connectivity index (χ2v) is 5.15. The van der Waals surface area contributed by atoms with Crippen LogP contribution in [0.2, 0.25) is 0 Å². The Hall–Kier alpha value is -1.91. The molecule has 102 valence electrons. The van der Waals surface area contributed by atoms with Crippen LogP contribution in [0.25, 0.3) is 0 Å². The number of anilines is 1. The molecule has 1 aromatic carbocycles. The van der Waals surface area contributed by atoms with Crippen LogP contribution in [-0.4, -0.2) is 23.8 Å². The van der Waals surface area contributed by atoms with E-state index in [9.17, 15) is 14.9 Å². The first-order valence-corrected chi connectivity index (χ1v) is 6.49. The van der Waals surface area contributed by atoms with E-state index >= 15 is 0 Å². The van der Waals surface area contributed by atoms with Crippen LogP contribution in [0.15, 0.2) is 18.2 Å². The van der Waals surface area contributed by atoms with Crippen LogP contribution >= 0.6 is 0 Å². The van der Waals surface area contributed by atoms with Crippen LogP contribution in [0, 0.1) is 23.0 Å². The quantitative estimate of drug-likeness (QED) is 0.620. The Morgan fingerprint density at radius 1 is 1.47 bits per heavy atom. The molecule has 1 heterocycles. The van der Waals surface area contributed by atoms with Crippen LogP contribution in [0.4, 0.5) is 11.4 Å². The first-order chi connectivity index (χ1) is 8.99. The van der Waals surface area contributed by atoms with Gasteiger partial charge in [0.25, 0.3) is 5.69 Å². The average Bonchev–Trinajstić information content (AvgIpc) is 2.38. The molecule has 0 N–H and O–H groups in total. The minimum atomic E-state index is -0.355. The molecule has 2 rings (SSSR count). The number of hydrogen-bond donors (Lipinski definition) is 0. The number of Topliss-reactive ketones (excluding diaryl/α,β-unsaturated/α-hetero) is 1. The third-order valence-corrected chi connectivity index (χ3v) is 3.66. The number of ketones is 1. The van der Waals surface area contributed by atoms with Gasteiger partial charge in [-0.15, -0.1) is 0 Å². The summed E-state index contributed by atoms with van der Waals surface area (Å²) < 4.78 is 0. The minimum Gasteiger partial charge on any atom is -0.365 e. The minimum absolute atomic E-state index is 0.00568. The van der Waals surface area contributed by atoms with Crippen molar-refractivity contribution in [3.63, 3.8) is 0 Å². The van der Waals surface area contributed by atoms with E-state index < -0.39 is 0 Å². The highest BCUT2D eigenvalue weighted by molar-refractivity contribution is 5.79. The molecule has 5 heteroatoms. The lowest BCUT2D eigenvalue weighted by Crippen LogP contribution is -2.38. The van der Waals surface area contributed by atoms with Gasteiger partial charge in [-0.25, -0.2) is 0 Å². The second kappa shape index (κ2) is 5.38. The highest BCUT2D eigenvalue weighted by Gasteiger charge is 2.27. The molecule has 1 saturated heterocycles. The van der Waals surface area contributed by atoms with Gasteiger partial charge in [0, 0.05) is 25.1 Å². The Labute approximate surface area is 112 Å². The predicted molar refractivity (Wildman–Crippen MR) is 73.5 cm³/mol. The Balaban J connectivity index is 2.32. The van der Waals surface area contributed by atoms with Crippen LogP contribution in [0.5, 0.6) is 0 Å². The normalized spacial score (nSPS) is 19.3. The standard InChI is InChI=1S/C14H18N2O3/c1-10-5-6-13(16(18)19)14(8-10)15-7-3-4-12(9-15)11(2)17/h5-6,8,12H,3-4,7,9H2,1-2H3. The lowest BCUT2D eigenvalue weighted by molar-refractivity contribution is -0.384. The maximum atomic E-state index is 11.5. The number of carbonyl (C=O) groups is 1. The summed E-state index contributed by atoms with van der Waals surface area (Å²) in [6.07, 6.45) is 1.78. The average molecular weight is 262 g/mol. The summed E-state index contributed by atoms with van der Waals surface area (Å²) in [4.78, 5) is 24.2. The van der Waals surface area contributed by atoms with Crippen LogP contribution in [0.1, 0.15) is 25.3 Å². The summed E-state index contributed by atoms with van der Waals surface area (Å²) in [7, 11) is 0. The largest absolute Gasteiger partial charge is 0.365 e. The van der Waals surface area contributed by atoms with Crippen molar-refractivity contribution in [1.82, 2.24) is 0 Å². The van der Waals surface area contributed by atoms with Crippen molar-refractivity contribution in [2.75, 3.05) is 18.0 Å². The zero-order valence-electron chi connectivity index (χ0n) is 11.3. The maximum absolute atomic E-state index is 11.5. The number of nitrogens with zero attached hydrogens (tertiary/aromatic N) is 2. The molecule has 1 atom stereocenters. The van der Waals surface area contributed by atoms with Gasteiger partial charge in [0.1, 0.15) is 11.5 Å². The molecule has 0 saturated carbocycles. The van der Waals surface area contributed by atoms with E-state index in [2.05, 4.69) is 0 Å². The van der Waals surface area contributed by atoms with E-state index in [0.717, 1.165) is 24.9 Å².